The SMILES string of the molecule is COC(=O)c1cccc(NC(=O)c2ccc(COc3ccc(Br)cc3)o2)c1O. The molecule has 1 heterocycles. The van der Waals surface area contributed by atoms with Crippen molar-refractivity contribution in [3.05, 3.63) is 76.2 Å². The van der Waals surface area contributed by atoms with Crippen molar-refractivity contribution in [2.45, 2.75) is 6.61 Å². The second-order valence-corrected chi connectivity index (χ2v) is 6.57. The van der Waals surface area contributed by atoms with E-state index in [1.54, 1.807) is 18.2 Å². The molecule has 2 N–H and O–H groups in total. The number of carbonyl (C=O) groups excluding carboxylic acids is 2. The zero-order chi connectivity index (χ0) is 20.1. The van der Waals surface area contributed by atoms with E-state index in [-0.39, 0.29) is 29.4 Å². The lowest BCUT2D eigenvalue weighted by atomic mass is 10.1. The Hall–Kier alpha value is -3.26. The topological polar surface area (TPSA) is 98.0 Å². The molecular weight excluding hydrogens is 430 g/mol. The maximum absolute atomic E-state index is 12.4. The molecule has 1 amide bonds. The van der Waals surface area contributed by atoms with Gasteiger partial charge in [0.2, 0.25) is 0 Å². The van der Waals surface area contributed by atoms with E-state index in [4.69, 9.17) is 9.15 Å². The highest BCUT2D eigenvalue weighted by Gasteiger charge is 2.18. The number of hydrogen-bond donors (Lipinski definition) is 2. The third-order valence-electron chi connectivity index (χ3n) is 3.77. The van der Waals surface area contributed by atoms with E-state index in [2.05, 4.69) is 26.0 Å². The number of benzene rings is 2. The minimum atomic E-state index is -0.709. The summed E-state index contributed by atoms with van der Waals surface area (Å²) in [6, 6.07) is 14.8. The average Bonchev–Trinajstić information content (AvgIpc) is 3.18. The first-order valence-electron chi connectivity index (χ1n) is 8.16. The lowest BCUT2D eigenvalue weighted by Gasteiger charge is -2.09. The maximum atomic E-state index is 12.4. The van der Waals surface area contributed by atoms with E-state index in [0.29, 0.717) is 11.5 Å². The van der Waals surface area contributed by atoms with Crippen LogP contribution in [0.25, 0.3) is 0 Å². The van der Waals surface area contributed by atoms with Crippen LogP contribution in [0.3, 0.4) is 0 Å². The molecule has 0 aliphatic heterocycles. The molecule has 3 aromatic rings. The molecule has 28 heavy (non-hydrogen) atoms. The highest BCUT2D eigenvalue weighted by molar-refractivity contribution is 9.10. The number of ether oxygens (including phenoxy) is 2. The number of rotatable bonds is 6. The Labute approximate surface area is 169 Å². The molecule has 0 spiro atoms. The number of esters is 1. The van der Waals surface area contributed by atoms with Crippen molar-refractivity contribution in [3.8, 4) is 11.5 Å². The van der Waals surface area contributed by atoms with Crippen LogP contribution in [0.4, 0.5) is 5.69 Å². The van der Waals surface area contributed by atoms with Crippen LogP contribution in [0, 0.1) is 0 Å². The normalized spacial score (nSPS) is 10.4. The fraction of sp³-hybridized carbons (Fsp3) is 0.100. The summed E-state index contributed by atoms with van der Waals surface area (Å²) in [5.41, 5.74) is 0.0142. The van der Waals surface area contributed by atoms with Crippen molar-refractivity contribution in [1.29, 1.82) is 0 Å². The van der Waals surface area contributed by atoms with Crippen molar-refractivity contribution < 1.29 is 28.6 Å². The Morgan fingerprint density at radius 3 is 2.57 bits per heavy atom. The summed E-state index contributed by atoms with van der Waals surface area (Å²) in [5, 5.41) is 12.7. The van der Waals surface area contributed by atoms with Crippen molar-refractivity contribution in [3.63, 3.8) is 0 Å². The summed E-state index contributed by atoms with van der Waals surface area (Å²) in [6.45, 7) is 0.151. The molecular formula is C20H16BrNO6. The molecule has 0 saturated carbocycles. The molecule has 144 valence electrons. The predicted molar refractivity (Wildman–Crippen MR) is 105 cm³/mol. The molecule has 0 bridgehead atoms. The van der Waals surface area contributed by atoms with Gasteiger partial charge in [-0.25, -0.2) is 4.79 Å². The molecule has 8 heteroatoms. The molecule has 0 fully saturated rings. The number of anilines is 1. The van der Waals surface area contributed by atoms with Gasteiger partial charge in [-0.05, 0) is 48.5 Å². The van der Waals surface area contributed by atoms with Gasteiger partial charge in [0, 0.05) is 4.47 Å². The summed E-state index contributed by atoms with van der Waals surface area (Å²) in [6.07, 6.45) is 0. The van der Waals surface area contributed by atoms with E-state index in [9.17, 15) is 14.7 Å². The number of para-hydroxylation sites is 1. The summed E-state index contributed by atoms with van der Waals surface area (Å²) in [7, 11) is 1.20. The molecule has 0 saturated heterocycles. The number of methoxy groups -OCH3 is 1. The van der Waals surface area contributed by atoms with Gasteiger partial charge in [0.1, 0.15) is 23.7 Å². The molecule has 0 atom stereocenters. The van der Waals surface area contributed by atoms with E-state index in [1.807, 2.05) is 12.1 Å². The molecule has 0 unspecified atom stereocenters. The van der Waals surface area contributed by atoms with E-state index < -0.39 is 11.9 Å². The number of amides is 1. The Morgan fingerprint density at radius 2 is 1.86 bits per heavy atom. The largest absolute Gasteiger partial charge is 0.505 e. The van der Waals surface area contributed by atoms with Gasteiger partial charge in [-0.2, -0.15) is 0 Å². The molecule has 1 aromatic heterocycles. The van der Waals surface area contributed by atoms with Gasteiger partial charge in [-0.3, -0.25) is 4.79 Å². The Bertz CT molecular complexity index is 996. The standard InChI is InChI=1S/C20H16BrNO6/c1-26-20(25)15-3-2-4-16(18(15)23)22-19(24)17-10-9-14(28-17)11-27-13-7-5-12(21)6-8-13/h2-10,23H,11H2,1H3,(H,22,24). The minimum Gasteiger partial charge on any atom is -0.505 e. The molecule has 0 aliphatic rings. The fourth-order valence-electron chi connectivity index (χ4n) is 2.37. The van der Waals surface area contributed by atoms with Crippen LogP contribution in [0.2, 0.25) is 0 Å². The van der Waals surface area contributed by atoms with Crippen LogP contribution < -0.4 is 10.1 Å². The number of aromatic hydroxyl groups is 1. The number of hydrogen-bond acceptors (Lipinski definition) is 6. The first-order chi connectivity index (χ1) is 13.5. The summed E-state index contributed by atoms with van der Waals surface area (Å²) >= 11 is 3.35. The van der Waals surface area contributed by atoms with Crippen molar-refractivity contribution in [2.75, 3.05) is 12.4 Å². The highest BCUT2D eigenvalue weighted by Crippen LogP contribution is 2.28. The average molecular weight is 446 g/mol. The summed E-state index contributed by atoms with van der Waals surface area (Å²) in [5.74, 6) is -0.507. The number of halogens is 1. The van der Waals surface area contributed by atoms with Gasteiger partial charge >= 0.3 is 5.97 Å². The quantitative estimate of drug-likeness (QED) is 0.431. The van der Waals surface area contributed by atoms with Crippen LogP contribution >= 0.6 is 15.9 Å². The lowest BCUT2D eigenvalue weighted by Crippen LogP contribution is -2.12. The van der Waals surface area contributed by atoms with Crippen LogP contribution in [0.15, 0.2) is 63.5 Å². The summed E-state index contributed by atoms with van der Waals surface area (Å²) < 4.78 is 16.6. The second-order valence-electron chi connectivity index (χ2n) is 5.66. The third-order valence-corrected chi connectivity index (χ3v) is 4.30. The van der Waals surface area contributed by atoms with E-state index in [0.717, 1.165) is 4.47 Å². The number of nitrogens with one attached hydrogen (secondary N) is 1. The Morgan fingerprint density at radius 1 is 1.11 bits per heavy atom. The van der Waals surface area contributed by atoms with Gasteiger partial charge in [0.15, 0.2) is 11.5 Å². The van der Waals surface area contributed by atoms with Crippen LogP contribution in [0.1, 0.15) is 26.7 Å². The van der Waals surface area contributed by atoms with Gasteiger partial charge in [-0.1, -0.05) is 22.0 Å². The first kappa shape index (κ1) is 19.5. The predicted octanol–water partition coefficient (Wildman–Crippen LogP) is 4.37. The van der Waals surface area contributed by atoms with Crippen molar-refractivity contribution in [1.82, 2.24) is 0 Å². The van der Waals surface area contributed by atoms with E-state index >= 15 is 0 Å². The van der Waals surface area contributed by atoms with Crippen LogP contribution in [-0.2, 0) is 11.3 Å². The van der Waals surface area contributed by atoms with Gasteiger partial charge in [-0.15, -0.1) is 0 Å². The van der Waals surface area contributed by atoms with Crippen LogP contribution in [-0.4, -0.2) is 24.1 Å². The zero-order valence-corrected chi connectivity index (χ0v) is 16.4. The number of carbonyl (C=O) groups is 2. The number of phenols is 1. The molecule has 3 rings (SSSR count). The monoisotopic (exact) mass is 445 g/mol. The second kappa shape index (κ2) is 8.62. The maximum Gasteiger partial charge on any atom is 0.341 e. The van der Waals surface area contributed by atoms with Crippen molar-refractivity contribution in [2.24, 2.45) is 0 Å². The summed E-state index contributed by atoms with van der Waals surface area (Å²) in [4.78, 5) is 24.0. The minimum absolute atomic E-state index is 0.0391. The number of phenolic OH excluding ortho intramolecular Hbond substituents is 1. The lowest BCUT2D eigenvalue weighted by molar-refractivity contribution is 0.0597. The molecule has 0 radical (unpaired) electrons. The van der Waals surface area contributed by atoms with Gasteiger partial charge in [0.05, 0.1) is 12.8 Å². The molecule has 0 aliphatic carbocycles. The smallest absolute Gasteiger partial charge is 0.341 e. The van der Waals surface area contributed by atoms with Crippen molar-refractivity contribution >= 4 is 33.5 Å². The third kappa shape index (κ3) is 4.52. The van der Waals surface area contributed by atoms with Gasteiger partial charge in [0.25, 0.3) is 5.91 Å². The number of furan rings is 1. The Balaban J connectivity index is 1.66. The van der Waals surface area contributed by atoms with Crippen LogP contribution in [0.5, 0.6) is 11.5 Å². The zero-order valence-electron chi connectivity index (χ0n) is 14.8. The Kier molecular flexibility index (Phi) is 6.00. The first-order valence-corrected chi connectivity index (χ1v) is 8.96. The molecule has 2 aromatic carbocycles. The van der Waals surface area contributed by atoms with E-state index in [1.165, 1.54) is 31.4 Å². The molecule has 7 nitrogen and oxygen atoms in total. The fourth-order valence-corrected chi connectivity index (χ4v) is 2.63. The highest BCUT2D eigenvalue weighted by atomic mass is 79.9. The van der Waals surface area contributed by atoms with Gasteiger partial charge < -0.3 is 24.3 Å².